The van der Waals surface area contributed by atoms with Gasteiger partial charge in [-0.05, 0) is 51.9 Å². The SMILES string of the molecule is Ic1cccc(-c2cccc3c2sc2ccccc23)c1. The summed E-state index contributed by atoms with van der Waals surface area (Å²) in [6.07, 6.45) is 0. The number of fused-ring (bicyclic) bond motifs is 3. The lowest BCUT2D eigenvalue weighted by atomic mass is 10.0. The zero-order chi connectivity index (χ0) is 13.5. The van der Waals surface area contributed by atoms with Crippen molar-refractivity contribution in [3.8, 4) is 11.1 Å². The van der Waals surface area contributed by atoms with Gasteiger partial charge in [0.25, 0.3) is 0 Å². The van der Waals surface area contributed by atoms with E-state index >= 15 is 0 Å². The van der Waals surface area contributed by atoms with E-state index in [-0.39, 0.29) is 0 Å². The fourth-order valence-corrected chi connectivity index (χ4v) is 4.41. The lowest BCUT2D eigenvalue weighted by Crippen LogP contribution is -1.79. The van der Waals surface area contributed by atoms with Gasteiger partial charge < -0.3 is 0 Å². The van der Waals surface area contributed by atoms with Crippen LogP contribution in [-0.4, -0.2) is 0 Å². The largest absolute Gasteiger partial charge is 0.135 e. The summed E-state index contributed by atoms with van der Waals surface area (Å²) < 4.78 is 4.02. The van der Waals surface area contributed by atoms with E-state index in [4.69, 9.17) is 0 Å². The van der Waals surface area contributed by atoms with E-state index in [1.54, 1.807) is 0 Å². The third-order valence-corrected chi connectivity index (χ3v) is 5.43. The molecule has 0 N–H and O–H groups in total. The minimum absolute atomic E-state index is 1.28. The summed E-state index contributed by atoms with van der Waals surface area (Å²) in [5.74, 6) is 0. The van der Waals surface area contributed by atoms with Crippen LogP contribution >= 0.6 is 33.9 Å². The first-order valence-corrected chi connectivity index (χ1v) is 8.39. The van der Waals surface area contributed by atoms with Gasteiger partial charge in [-0.2, -0.15) is 0 Å². The maximum Gasteiger partial charge on any atom is 0.0433 e. The number of hydrogen-bond donors (Lipinski definition) is 0. The van der Waals surface area contributed by atoms with Gasteiger partial charge >= 0.3 is 0 Å². The minimum atomic E-state index is 1.28. The molecule has 0 aliphatic rings. The second-order valence-electron chi connectivity index (χ2n) is 4.79. The number of hydrogen-bond acceptors (Lipinski definition) is 1. The van der Waals surface area contributed by atoms with Gasteiger partial charge in [-0.15, -0.1) is 11.3 Å². The van der Waals surface area contributed by atoms with Crippen LogP contribution in [0.5, 0.6) is 0 Å². The van der Waals surface area contributed by atoms with Crippen molar-refractivity contribution >= 4 is 54.1 Å². The molecule has 2 heteroatoms. The molecule has 1 heterocycles. The smallest absolute Gasteiger partial charge is 0.0433 e. The fourth-order valence-electron chi connectivity index (χ4n) is 2.63. The molecule has 4 aromatic rings. The Morgan fingerprint density at radius 3 is 2.45 bits per heavy atom. The normalized spacial score (nSPS) is 11.2. The first kappa shape index (κ1) is 12.4. The molecule has 0 saturated heterocycles. The quantitative estimate of drug-likeness (QED) is 0.336. The molecule has 0 atom stereocenters. The minimum Gasteiger partial charge on any atom is -0.135 e. The van der Waals surface area contributed by atoms with E-state index in [1.165, 1.54) is 34.9 Å². The molecule has 0 radical (unpaired) electrons. The molecule has 0 unspecified atom stereocenters. The first-order chi connectivity index (χ1) is 9.83. The van der Waals surface area contributed by atoms with Crippen molar-refractivity contribution in [3.05, 3.63) is 70.3 Å². The summed E-state index contributed by atoms with van der Waals surface area (Å²) in [6, 6.07) is 24.0. The maximum absolute atomic E-state index is 2.37. The Morgan fingerprint density at radius 1 is 0.750 bits per heavy atom. The Bertz CT molecular complexity index is 921. The Kier molecular flexibility index (Phi) is 3.00. The van der Waals surface area contributed by atoms with Crippen molar-refractivity contribution in [2.45, 2.75) is 0 Å². The lowest BCUT2D eigenvalue weighted by molar-refractivity contribution is 1.62. The highest BCUT2D eigenvalue weighted by Crippen LogP contribution is 2.39. The second kappa shape index (κ2) is 4.86. The monoisotopic (exact) mass is 386 g/mol. The molecule has 0 aliphatic carbocycles. The van der Waals surface area contributed by atoms with Gasteiger partial charge in [0.1, 0.15) is 0 Å². The zero-order valence-electron chi connectivity index (χ0n) is 10.6. The van der Waals surface area contributed by atoms with Crippen molar-refractivity contribution in [2.75, 3.05) is 0 Å². The van der Waals surface area contributed by atoms with E-state index in [2.05, 4.69) is 89.3 Å². The summed E-state index contributed by atoms with van der Waals surface area (Å²) >= 11 is 4.26. The number of halogens is 1. The molecule has 0 spiro atoms. The summed E-state index contributed by atoms with van der Waals surface area (Å²) in [5, 5.41) is 2.72. The highest BCUT2D eigenvalue weighted by atomic mass is 127. The van der Waals surface area contributed by atoms with Crippen molar-refractivity contribution < 1.29 is 0 Å². The fraction of sp³-hybridized carbons (Fsp3) is 0. The van der Waals surface area contributed by atoms with Gasteiger partial charge in [0.2, 0.25) is 0 Å². The molecular weight excluding hydrogens is 375 g/mol. The van der Waals surface area contributed by atoms with Gasteiger partial charge in [0.15, 0.2) is 0 Å². The van der Waals surface area contributed by atoms with Gasteiger partial charge in [-0.1, -0.05) is 48.5 Å². The highest BCUT2D eigenvalue weighted by molar-refractivity contribution is 14.1. The Labute approximate surface area is 135 Å². The molecule has 1 aromatic heterocycles. The van der Waals surface area contributed by atoms with E-state index in [1.807, 2.05) is 11.3 Å². The summed E-state index contributed by atoms with van der Waals surface area (Å²) in [7, 11) is 0. The first-order valence-electron chi connectivity index (χ1n) is 6.49. The summed E-state index contributed by atoms with van der Waals surface area (Å²) in [5.41, 5.74) is 2.64. The van der Waals surface area contributed by atoms with E-state index in [9.17, 15) is 0 Å². The second-order valence-corrected chi connectivity index (χ2v) is 7.09. The molecule has 0 aliphatic heterocycles. The van der Waals surface area contributed by atoms with Crippen molar-refractivity contribution in [3.63, 3.8) is 0 Å². The maximum atomic E-state index is 2.37. The van der Waals surface area contributed by atoms with Crippen molar-refractivity contribution in [1.29, 1.82) is 0 Å². The van der Waals surface area contributed by atoms with Crippen molar-refractivity contribution in [2.24, 2.45) is 0 Å². The van der Waals surface area contributed by atoms with Crippen LogP contribution in [0, 0.1) is 3.57 Å². The van der Waals surface area contributed by atoms with E-state index < -0.39 is 0 Å². The molecule has 0 saturated carbocycles. The van der Waals surface area contributed by atoms with Crippen LogP contribution in [-0.2, 0) is 0 Å². The Balaban J connectivity index is 2.10. The average molecular weight is 386 g/mol. The predicted molar refractivity (Wildman–Crippen MR) is 97.5 cm³/mol. The van der Waals surface area contributed by atoms with Crippen LogP contribution in [0.25, 0.3) is 31.3 Å². The molecule has 0 nitrogen and oxygen atoms in total. The van der Waals surface area contributed by atoms with Crippen LogP contribution in [0.4, 0.5) is 0 Å². The van der Waals surface area contributed by atoms with Crippen LogP contribution in [0.2, 0.25) is 0 Å². The van der Waals surface area contributed by atoms with Crippen LogP contribution in [0.15, 0.2) is 66.7 Å². The number of thiophene rings is 1. The average Bonchev–Trinajstić information content (AvgIpc) is 2.86. The van der Waals surface area contributed by atoms with Gasteiger partial charge in [-0.3, -0.25) is 0 Å². The highest BCUT2D eigenvalue weighted by Gasteiger charge is 2.09. The van der Waals surface area contributed by atoms with Gasteiger partial charge in [-0.25, -0.2) is 0 Å². The van der Waals surface area contributed by atoms with Crippen LogP contribution in [0.3, 0.4) is 0 Å². The van der Waals surface area contributed by atoms with Crippen LogP contribution < -0.4 is 0 Å². The topological polar surface area (TPSA) is 0 Å². The zero-order valence-corrected chi connectivity index (χ0v) is 13.6. The molecule has 4 rings (SSSR count). The molecule has 20 heavy (non-hydrogen) atoms. The Morgan fingerprint density at radius 2 is 1.55 bits per heavy atom. The lowest BCUT2D eigenvalue weighted by Gasteiger charge is -2.04. The third-order valence-electron chi connectivity index (χ3n) is 3.54. The molecule has 96 valence electrons. The van der Waals surface area contributed by atoms with Gasteiger partial charge in [0.05, 0.1) is 0 Å². The predicted octanol–water partition coefficient (Wildman–Crippen LogP) is 6.33. The third kappa shape index (κ3) is 1.95. The molecule has 0 bridgehead atoms. The number of benzene rings is 3. The van der Waals surface area contributed by atoms with Gasteiger partial charge in [0, 0.05) is 23.7 Å². The van der Waals surface area contributed by atoms with Crippen molar-refractivity contribution in [1.82, 2.24) is 0 Å². The summed E-state index contributed by atoms with van der Waals surface area (Å²) in [4.78, 5) is 0. The molecule has 3 aromatic carbocycles. The number of rotatable bonds is 1. The summed E-state index contributed by atoms with van der Waals surface area (Å²) in [6.45, 7) is 0. The molecular formula is C18H11IS. The van der Waals surface area contributed by atoms with E-state index in [0.29, 0.717) is 0 Å². The van der Waals surface area contributed by atoms with E-state index in [0.717, 1.165) is 0 Å². The molecule has 0 amide bonds. The standard InChI is InChI=1S/C18H11IS/c19-13-6-3-5-12(11-13)14-8-4-9-16-15-7-1-2-10-17(15)20-18(14)16/h1-11H. The Hall–Kier alpha value is -1.39. The molecule has 0 fully saturated rings. The van der Waals surface area contributed by atoms with Crippen LogP contribution in [0.1, 0.15) is 0 Å².